The summed E-state index contributed by atoms with van der Waals surface area (Å²) in [6.45, 7) is 9.44. The van der Waals surface area contributed by atoms with Crippen molar-refractivity contribution in [3.63, 3.8) is 0 Å². The maximum atomic E-state index is 7.00. The van der Waals surface area contributed by atoms with Gasteiger partial charge in [0.15, 0.2) is 0 Å². The maximum Gasteiger partial charge on any atom is 0.143 e. The van der Waals surface area contributed by atoms with Crippen LogP contribution < -0.4 is 4.90 Å². The van der Waals surface area contributed by atoms with Crippen LogP contribution in [0.3, 0.4) is 0 Å². The van der Waals surface area contributed by atoms with Crippen molar-refractivity contribution in [1.82, 2.24) is 4.98 Å². The molecule has 0 unspecified atom stereocenters. The summed E-state index contributed by atoms with van der Waals surface area (Å²) < 4.78 is 7.00. The van der Waals surface area contributed by atoms with E-state index in [9.17, 15) is 0 Å². The van der Waals surface area contributed by atoms with E-state index in [0.29, 0.717) is 0 Å². The van der Waals surface area contributed by atoms with E-state index in [0.717, 1.165) is 44.0 Å². The van der Waals surface area contributed by atoms with Gasteiger partial charge in [-0.15, -0.1) is 0 Å². The second-order valence-corrected chi connectivity index (χ2v) is 22.0. The number of nitrogens with zero attached hydrogens (tertiary/aromatic N) is 1. The molecule has 0 saturated heterocycles. The fourth-order valence-corrected chi connectivity index (χ4v) is 14.0. The Hall–Kier alpha value is -8.92. The van der Waals surface area contributed by atoms with Gasteiger partial charge in [0.2, 0.25) is 0 Å². The molecule has 0 saturated carbocycles. The molecule has 0 bridgehead atoms. The number of para-hydroxylation sites is 4. The van der Waals surface area contributed by atoms with E-state index >= 15 is 0 Å². The number of anilines is 3. The van der Waals surface area contributed by atoms with Gasteiger partial charge in [-0.3, -0.25) is 0 Å². The molecular formula is C71H50N2O. The number of aromatic amines is 1. The number of H-pyrrole nitrogens is 1. The summed E-state index contributed by atoms with van der Waals surface area (Å²) in [4.78, 5) is 6.39. The summed E-state index contributed by atoms with van der Waals surface area (Å²) in [6.07, 6.45) is 0. The second-order valence-electron chi connectivity index (χ2n) is 22.0. The number of furan rings is 1. The fraction of sp³-hybridized carbons (Fsp3) is 0.0986. The zero-order valence-electron chi connectivity index (χ0n) is 41.7. The van der Waals surface area contributed by atoms with Crippen LogP contribution in [0.1, 0.15) is 72.6 Å². The molecule has 14 aromatic rings. The summed E-state index contributed by atoms with van der Waals surface area (Å²) in [5.74, 6) is 0.134. The maximum absolute atomic E-state index is 7.00. The molecule has 1 N–H and O–H groups in total. The number of hydrogen-bond donors (Lipinski definition) is 1. The minimum atomic E-state index is -0.129. The predicted molar refractivity (Wildman–Crippen MR) is 310 cm³/mol. The molecule has 2 aliphatic rings. The molecule has 0 radical (unpaired) electrons. The van der Waals surface area contributed by atoms with Crippen molar-refractivity contribution in [2.24, 2.45) is 0 Å². The average Bonchev–Trinajstić information content (AvgIpc) is 4.02. The molecule has 1 aliphatic heterocycles. The van der Waals surface area contributed by atoms with Gasteiger partial charge in [0.1, 0.15) is 11.2 Å². The monoisotopic (exact) mass is 946 g/mol. The number of benzene rings is 12. The van der Waals surface area contributed by atoms with Gasteiger partial charge in [0.05, 0.1) is 16.9 Å². The molecule has 1 aliphatic carbocycles. The first-order chi connectivity index (χ1) is 36.2. The van der Waals surface area contributed by atoms with Gasteiger partial charge in [-0.1, -0.05) is 185 Å². The average molecular weight is 947 g/mol. The molecule has 2 aromatic heterocycles. The summed E-state index contributed by atoms with van der Waals surface area (Å²) in [7, 11) is 0. The van der Waals surface area contributed by atoms with E-state index < -0.39 is 0 Å². The lowest BCUT2D eigenvalue weighted by Gasteiger charge is -2.42. The lowest BCUT2D eigenvalue weighted by atomic mass is 9.64. The van der Waals surface area contributed by atoms with Crippen LogP contribution >= 0.6 is 0 Å². The van der Waals surface area contributed by atoms with Gasteiger partial charge in [-0.2, -0.15) is 0 Å². The second kappa shape index (κ2) is 14.8. The third-order valence-electron chi connectivity index (χ3n) is 17.5. The molecule has 3 heteroatoms. The molecular weight excluding hydrogens is 897 g/mol. The summed E-state index contributed by atoms with van der Waals surface area (Å²) in [6, 6.07) is 81.8. The van der Waals surface area contributed by atoms with Crippen LogP contribution in [0.4, 0.5) is 17.1 Å². The van der Waals surface area contributed by atoms with Crippen LogP contribution in [-0.2, 0) is 10.8 Å². The topological polar surface area (TPSA) is 32.2 Å². The third kappa shape index (κ3) is 5.56. The normalized spacial score (nSPS) is 14.9. The van der Waals surface area contributed by atoms with Crippen LogP contribution in [0.15, 0.2) is 223 Å². The van der Waals surface area contributed by atoms with Gasteiger partial charge in [0, 0.05) is 71.0 Å². The zero-order chi connectivity index (χ0) is 49.2. The Labute approximate surface area is 429 Å². The SMILES string of the molecule is CC1(C)c2ccccc2C(c2ccc(-c3cc4c5oc6ccccc6c5cc5c(-c6ccc(N7c8ccccc8C(C)(C)c8ccccc87)cc6)cc6c7[nH]c8ccccc8c7cc3c6c54)cc2)c2ccccc21. The highest BCUT2D eigenvalue weighted by Crippen LogP contribution is 2.55. The lowest BCUT2D eigenvalue weighted by Crippen LogP contribution is -2.30. The Morgan fingerprint density at radius 3 is 1.57 bits per heavy atom. The third-order valence-corrected chi connectivity index (χ3v) is 17.5. The Morgan fingerprint density at radius 2 is 0.905 bits per heavy atom. The van der Waals surface area contributed by atoms with Crippen molar-refractivity contribution in [3.8, 4) is 22.3 Å². The molecule has 0 amide bonds. The van der Waals surface area contributed by atoms with Crippen LogP contribution in [0, 0.1) is 0 Å². The minimum Gasteiger partial charge on any atom is -0.455 e. The van der Waals surface area contributed by atoms with Crippen LogP contribution in [0.2, 0.25) is 0 Å². The molecule has 12 aromatic carbocycles. The molecule has 0 fully saturated rings. The van der Waals surface area contributed by atoms with Gasteiger partial charge >= 0.3 is 0 Å². The first-order valence-electron chi connectivity index (χ1n) is 26.1. The van der Waals surface area contributed by atoms with Gasteiger partial charge in [-0.25, -0.2) is 0 Å². The van der Waals surface area contributed by atoms with E-state index in [1.54, 1.807) is 0 Å². The van der Waals surface area contributed by atoms with Crippen molar-refractivity contribution >= 4 is 93.1 Å². The van der Waals surface area contributed by atoms with Gasteiger partial charge in [-0.05, 0) is 133 Å². The molecule has 350 valence electrons. The largest absolute Gasteiger partial charge is 0.455 e. The fourth-order valence-electron chi connectivity index (χ4n) is 14.0. The molecule has 0 spiro atoms. The number of aromatic nitrogens is 1. The summed E-state index contributed by atoms with van der Waals surface area (Å²) >= 11 is 0. The molecule has 3 nitrogen and oxygen atoms in total. The standard InChI is InChI=1S/C71H50N2O/c1-70(2)57-21-9-5-19-47(57)65(48-20-6-10-22-58(48)70)43-31-29-41(30-32-43)50-38-56-67-52(40-54-46-18-8-16-28-64(46)74-69(54)56)49(37-55-66(67)51(50)39-53-45-17-7-13-25-61(45)72-68(53)55)42-33-35-44(36-34-42)73-62-26-14-11-23-59(62)71(3,4)60-24-12-15-27-63(60)73/h5-40,65,72H,1-4H3. The first kappa shape index (κ1) is 41.7. The van der Waals surface area contributed by atoms with Crippen LogP contribution in [0.25, 0.3) is 98.3 Å². The van der Waals surface area contributed by atoms with Crippen molar-refractivity contribution in [2.45, 2.75) is 44.4 Å². The Kier molecular flexibility index (Phi) is 8.36. The number of nitrogens with one attached hydrogen (secondary N) is 1. The first-order valence-corrected chi connectivity index (χ1v) is 26.1. The van der Waals surface area contributed by atoms with Crippen molar-refractivity contribution in [2.75, 3.05) is 4.90 Å². The molecule has 3 heterocycles. The quantitative estimate of drug-likeness (QED) is 0.178. The summed E-state index contributed by atoms with van der Waals surface area (Å²) in [5, 5.41) is 12.0. The van der Waals surface area contributed by atoms with Crippen LogP contribution in [-0.4, -0.2) is 4.98 Å². The Balaban J connectivity index is 0.945. The highest BCUT2D eigenvalue weighted by Gasteiger charge is 2.39. The zero-order valence-corrected chi connectivity index (χ0v) is 41.7. The van der Waals surface area contributed by atoms with Gasteiger partial charge < -0.3 is 14.3 Å². The van der Waals surface area contributed by atoms with Gasteiger partial charge in [0.25, 0.3) is 0 Å². The van der Waals surface area contributed by atoms with Crippen molar-refractivity contribution in [3.05, 3.63) is 257 Å². The van der Waals surface area contributed by atoms with E-state index in [4.69, 9.17) is 4.42 Å². The molecule has 0 atom stereocenters. The predicted octanol–water partition coefficient (Wildman–Crippen LogP) is 19.4. The number of fused-ring (bicyclic) bond motifs is 12. The van der Waals surface area contributed by atoms with E-state index in [1.807, 2.05) is 0 Å². The van der Waals surface area contributed by atoms with E-state index in [2.05, 4.69) is 256 Å². The number of rotatable bonds is 4. The highest BCUT2D eigenvalue weighted by atomic mass is 16.3. The smallest absolute Gasteiger partial charge is 0.143 e. The number of hydrogen-bond acceptors (Lipinski definition) is 2. The van der Waals surface area contributed by atoms with Crippen molar-refractivity contribution < 1.29 is 4.42 Å². The van der Waals surface area contributed by atoms with E-state index in [-0.39, 0.29) is 16.7 Å². The minimum absolute atomic E-state index is 0.0900. The Morgan fingerprint density at radius 1 is 0.405 bits per heavy atom. The Bertz CT molecular complexity index is 4260. The van der Waals surface area contributed by atoms with Crippen LogP contribution in [0.5, 0.6) is 0 Å². The van der Waals surface area contributed by atoms with Crippen molar-refractivity contribution in [1.29, 1.82) is 0 Å². The summed E-state index contributed by atoms with van der Waals surface area (Å²) in [5.41, 5.74) is 21.7. The lowest BCUT2D eigenvalue weighted by molar-refractivity contribution is 0.597. The molecule has 16 rings (SSSR count). The van der Waals surface area contributed by atoms with E-state index in [1.165, 1.54) is 110 Å². The highest BCUT2D eigenvalue weighted by molar-refractivity contribution is 6.38. The molecule has 74 heavy (non-hydrogen) atoms.